The van der Waals surface area contributed by atoms with Crippen LogP contribution in [-0.2, 0) is 0 Å². The van der Waals surface area contributed by atoms with Gasteiger partial charge in [-0.3, -0.25) is 4.79 Å². The molecule has 0 fully saturated rings. The van der Waals surface area contributed by atoms with Gasteiger partial charge in [-0.15, -0.1) is 0 Å². The van der Waals surface area contributed by atoms with E-state index in [1.807, 2.05) is 32.0 Å². The van der Waals surface area contributed by atoms with Crippen LogP contribution in [0.3, 0.4) is 0 Å². The second kappa shape index (κ2) is 5.52. The molecular formula is C15H17N3O. The Bertz CT molecular complexity index is 608. The summed E-state index contributed by atoms with van der Waals surface area (Å²) >= 11 is 0. The van der Waals surface area contributed by atoms with Gasteiger partial charge in [-0.1, -0.05) is 12.1 Å². The van der Waals surface area contributed by atoms with E-state index in [0.717, 1.165) is 16.8 Å². The first-order chi connectivity index (χ1) is 9.11. The Hall–Kier alpha value is -2.36. The van der Waals surface area contributed by atoms with Crippen molar-refractivity contribution in [1.82, 2.24) is 4.98 Å². The second-order valence-corrected chi connectivity index (χ2v) is 4.42. The zero-order valence-corrected chi connectivity index (χ0v) is 11.3. The molecule has 4 heteroatoms. The molecule has 0 bridgehead atoms. The maximum Gasteiger partial charge on any atom is 0.259 e. The number of aromatic nitrogens is 1. The van der Waals surface area contributed by atoms with E-state index in [1.165, 1.54) is 0 Å². The van der Waals surface area contributed by atoms with Gasteiger partial charge in [0.05, 0.1) is 5.56 Å². The molecule has 0 spiro atoms. The summed E-state index contributed by atoms with van der Waals surface area (Å²) in [6.45, 7) is 3.97. The van der Waals surface area contributed by atoms with Crippen LogP contribution in [-0.4, -0.2) is 17.9 Å². The Kier molecular flexibility index (Phi) is 3.80. The van der Waals surface area contributed by atoms with Crippen LogP contribution in [0.15, 0.2) is 36.5 Å². The van der Waals surface area contributed by atoms with E-state index in [4.69, 9.17) is 0 Å². The molecule has 0 aliphatic carbocycles. The summed E-state index contributed by atoms with van der Waals surface area (Å²) in [6, 6.07) is 9.47. The summed E-state index contributed by atoms with van der Waals surface area (Å²) in [5.41, 5.74) is 3.51. The molecule has 2 rings (SSSR count). The lowest BCUT2D eigenvalue weighted by atomic mass is 10.1. The van der Waals surface area contributed by atoms with Gasteiger partial charge in [-0.05, 0) is 43.2 Å². The van der Waals surface area contributed by atoms with Crippen molar-refractivity contribution in [2.45, 2.75) is 13.8 Å². The van der Waals surface area contributed by atoms with Crippen LogP contribution in [0.25, 0.3) is 0 Å². The van der Waals surface area contributed by atoms with Gasteiger partial charge in [0, 0.05) is 18.9 Å². The molecule has 98 valence electrons. The predicted molar refractivity (Wildman–Crippen MR) is 77.7 cm³/mol. The highest BCUT2D eigenvalue weighted by Gasteiger charge is 2.12. The van der Waals surface area contributed by atoms with Gasteiger partial charge in [0.25, 0.3) is 5.91 Å². The first kappa shape index (κ1) is 13.1. The fourth-order valence-electron chi connectivity index (χ4n) is 1.85. The van der Waals surface area contributed by atoms with Gasteiger partial charge in [0.2, 0.25) is 0 Å². The second-order valence-electron chi connectivity index (χ2n) is 4.42. The smallest absolute Gasteiger partial charge is 0.259 e. The van der Waals surface area contributed by atoms with Crippen molar-refractivity contribution in [3.05, 3.63) is 53.2 Å². The lowest BCUT2D eigenvalue weighted by molar-refractivity contribution is 0.102. The van der Waals surface area contributed by atoms with Crippen molar-refractivity contribution < 1.29 is 4.79 Å². The number of benzene rings is 1. The number of hydrogen-bond acceptors (Lipinski definition) is 3. The molecule has 0 atom stereocenters. The van der Waals surface area contributed by atoms with Gasteiger partial charge in [-0.2, -0.15) is 0 Å². The number of hydrogen-bond donors (Lipinski definition) is 2. The molecule has 1 aromatic carbocycles. The zero-order valence-electron chi connectivity index (χ0n) is 11.3. The molecule has 4 nitrogen and oxygen atoms in total. The third-order valence-electron chi connectivity index (χ3n) is 2.93. The summed E-state index contributed by atoms with van der Waals surface area (Å²) in [5.74, 6) is 0.413. The van der Waals surface area contributed by atoms with Crippen LogP contribution in [0.4, 0.5) is 11.5 Å². The molecular weight excluding hydrogens is 238 g/mol. The standard InChI is InChI=1S/C15H17N3O/c1-10-6-7-11(2)13(9-10)18-15(19)12-5-4-8-17-14(12)16-3/h4-9H,1-3H3,(H,16,17)(H,18,19). The number of nitrogens with one attached hydrogen (secondary N) is 2. The lowest BCUT2D eigenvalue weighted by Crippen LogP contribution is -2.15. The van der Waals surface area contributed by atoms with E-state index in [-0.39, 0.29) is 5.91 Å². The molecule has 0 aliphatic heterocycles. The van der Waals surface area contributed by atoms with E-state index >= 15 is 0 Å². The Morgan fingerprint density at radius 2 is 2.00 bits per heavy atom. The summed E-state index contributed by atoms with van der Waals surface area (Å²) in [5, 5.41) is 5.84. The third-order valence-corrected chi connectivity index (χ3v) is 2.93. The van der Waals surface area contributed by atoms with Crippen LogP contribution in [0, 0.1) is 13.8 Å². The Morgan fingerprint density at radius 1 is 1.21 bits per heavy atom. The molecule has 0 aliphatic rings. The number of amides is 1. The zero-order chi connectivity index (χ0) is 13.8. The summed E-state index contributed by atoms with van der Waals surface area (Å²) in [7, 11) is 1.75. The van der Waals surface area contributed by atoms with Crippen LogP contribution in [0.2, 0.25) is 0 Å². The highest BCUT2D eigenvalue weighted by Crippen LogP contribution is 2.19. The number of aryl methyl sites for hydroxylation is 2. The fraction of sp³-hybridized carbons (Fsp3) is 0.200. The topological polar surface area (TPSA) is 54.0 Å². The number of carbonyl (C=O) groups is 1. The van der Waals surface area contributed by atoms with Gasteiger partial charge in [0.1, 0.15) is 5.82 Å². The Labute approximate surface area is 112 Å². The van der Waals surface area contributed by atoms with Crippen LogP contribution >= 0.6 is 0 Å². The number of carbonyl (C=O) groups excluding carboxylic acids is 1. The van der Waals surface area contributed by atoms with Gasteiger partial charge >= 0.3 is 0 Å². The Balaban J connectivity index is 2.28. The van der Waals surface area contributed by atoms with Gasteiger partial charge in [0.15, 0.2) is 0 Å². The summed E-state index contributed by atoms with van der Waals surface area (Å²) < 4.78 is 0. The van der Waals surface area contributed by atoms with Crippen molar-refractivity contribution in [2.75, 3.05) is 17.7 Å². The molecule has 2 N–H and O–H groups in total. The molecule has 0 saturated carbocycles. The number of rotatable bonds is 3. The van der Waals surface area contributed by atoms with E-state index in [2.05, 4.69) is 15.6 Å². The van der Waals surface area contributed by atoms with Crippen molar-refractivity contribution in [1.29, 1.82) is 0 Å². The van der Waals surface area contributed by atoms with E-state index < -0.39 is 0 Å². The minimum Gasteiger partial charge on any atom is -0.372 e. The van der Waals surface area contributed by atoms with Gasteiger partial charge < -0.3 is 10.6 Å². The van der Waals surface area contributed by atoms with Crippen molar-refractivity contribution >= 4 is 17.4 Å². The van der Waals surface area contributed by atoms with E-state index in [0.29, 0.717) is 11.4 Å². The van der Waals surface area contributed by atoms with Crippen LogP contribution in [0.1, 0.15) is 21.5 Å². The highest BCUT2D eigenvalue weighted by atomic mass is 16.1. The normalized spacial score (nSPS) is 10.1. The molecule has 0 radical (unpaired) electrons. The molecule has 2 aromatic rings. The monoisotopic (exact) mass is 255 g/mol. The summed E-state index contributed by atoms with van der Waals surface area (Å²) in [6.07, 6.45) is 1.65. The van der Waals surface area contributed by atoms with E-state index in [1.54, 1.807) is 25.4 Å². The average Bonchev–Trinajstić information content (AvgIpc) is 2.42. The fourth-order valence-corrected chi connectivity index (χ4v) is 1.85. The number of nitrogens with zero attached hydrogens (tertiary/aromatic N) is 1. The van der Waals surface area contributed by atoms with Gasteiger partial charge in [-0.25, -0.2) is 4.98 Å². The minimum atomic E-state index is -0.161. The van der Waals surface area contributed by atoms with E-state index in [9.17, 15) is 4.79 Å². The average molecular weight is 255 g/mol. The Morgan fingerprint density at radius 3 is 2.74 bits per heavy atom. The first-order valence-corrected chi connectivity index (χ1v) is 6.13. The molecule has 19 heavy (non-hydrogen) atoms. The van der Waals surface area contributed by atoms with Crippen LogP contribution < -0.4 is 10.6 Å². The maximum atomic E-state index is 12.3. The highest BCUT2D eigenvalue weighted by molar-refractivity contribution is 6.07. The maximum absolute atomic E-state index is 12.3. The van der Waals surface area contributed by atoms with Crippen molar-refractivity contribution in [3.8, 4) is 0 Å². The third kappa shape index (κ3) is 2.91. The molecule has 1 aromatic heterocycles. The predicted octanol–water partition coefficient (Wildman–Crippen LogP) is 2.99. The minimum absolute atomic E-state index is 0.161. The molecule has 1 amide bonds. The van der Waals surface area contributed by atoms with Crippen LogP contribution in [0.5, 0.6) is 0 Å². The SMILES string of the molecule is CNc1ncccc1C(=O)Nc1cc(C)ccc1C. The lowest BCUT2D eigenvalue weighted by Gasteiger charge is -2.11. The number of pyridine rings is 1. The molecule has 1 heterocycles. The number of anilines is 2. The van der Waals surface area contributed by atoms with Crippen molar-refractivity contribution in [2.24, 2.45) is 0 Å². The quantitative estimate of drug-likeness (QED) is 0.886. The van der Waals surface area contributed by atoms with Crippen molar-refractivity contribution in [3.63, 3.8) is 0 Å². The molecule has 0 saturated heterocycles. The first-order valence-electron chi connectivity index (χ1n) is 6.13. The summed E-state index contributed by atoms with van der Waals surface area (Å²) in [4.78, 5) is 16.4. The molecule has 0 unspecified atom stereocenters. The largest absolute Gasteiger partial charge is 0.372 e.